The Hall–Kier alpha value is -1.26. The Balaban J connectivity index is 2.14. The summed E-state index contributed by atoms with van der Waals surface area (Å²) in [6, 6.07) is 9.88. The molecule has 1 aromatic heterocycles. The van der Waals surface area contributed by atoms with Crippen molar-refractivity contribution >= 4 is 11.3 Å². The molecule has 0 amide bonds. The van der Waals surface area contributed by atoms with Crippen LogP contribution >= 0.6 is 11.3 Å². The molecule has 84 valence electrons. The minimum absolute atomic E-state index is 0.0558. The van der Waals surface area contributed by atoms with E-state index < -0.39 is 6.17 Å². The third-order valence-electron chi connectivity index (χ3n) is 2.27. The highest BCUT2D eigenvalue weighted by Crippen LogP contribution is 2.22. The van der Waals surface area contributed by atoms with Crippen molar-refractivity contribution in [1.29, 1.82) is 0 Å². The smallest absolute Gasteiger partial charge is 0.119 e. The molecule has 0 saturated carbocycles. The highest BCUT2D eigenvalue weighted by atomic mass is 32.1. The molecule has 4 heteroatoms. The van der Waals surface area contributed by atoms with E-state index in [2.05, 4.69) is 4.98 Å². The van der Waals surface area contributed by atoms with Crippen LogP contribution in [0.15, 0.2) is 35.7 Å². The van der Waals surface area contributed by atoms with Crippen LogP contribution in [0.2, 0.25) is 0 Å². The quantitative estimate of drug-likeness (QED) is 0.886. The maximum atomic E-state index is 13.1. The topological polar surface area (TPSA) is 38.9 Å². The lowest BCUT2D eigenvalue weighted by molar-refractivity contribution is 0.340. The SMILES string of the molecule is NCC(F)Cc1nc(-c2ccccc2)cs1. The Morgan fingerprint density at radius 2 is 2.06 bits per heavy atom. The molecule has 16 heavy (non-hydrogen) atoms. The second-order valence-corrected chi connectivity index (χ2v) is 4.47. The summed E-state index contributed by atoms with van der Waals surface area (Å²) in [6.07, 6.45) is -0.677. The molecule has 2 aromatic rings. The standard InChI is InChI=1S/C12H13FN2S/c13-10(7-14)6-12-15-11(8-16-12)9-4-2-1-3-5-9/h1-5,8,10H,6-7,14H2. The van der Waals surface area contributed by atoms with Gasteiger partial charge in [0.25, 0.3) is 0 Å². The summed E-state index contributed by atoms with van der Waals surface area (Å²) in [5, 5.41) is 2.75. The molecule has 0 aliphatic carbocycles. The Kier molecular flexibility index (Phi) is 3.64. The van der Waals surface area contributed by atoms with Gasteiger partial charge in [0.2, 0.25) is 0 Å². The van der Waals surface area contributed by atoms with Crippen molar-refractivity contribution in [3.05, 3.63) is 40.7 Å². The van der Waals surface area contributed by atoms with E-state index in [0.29, 0.717) is 6.42 Å². The van der Waals surface area contributed by atoms with Crippen molar-refractivity contribution in [2.75, 3.05) is 6.54 Å². The zero-order valence-corrected chi connectivity index (χ0v) is 9.58. The minimum atomic E-state index is -0.991. The van der Waals surface area contributed by atoms with E-state index in [9.17, 15) is 4.39 Å². The van der Waals surface area contributed by atoms with E-state index in [1.54, 1.807) is 0 Å². The molecule has 1 unspecified atom stereocenters. The highest BCUT2D eigenvalue weighted by Gasteiger charge is 2.09. The fourth-order valence-corrected chi connectivity index (χ4v) is 2.28. The van der Waals surface area contributed by atoms with Crippen LogP contribution < -0.4 is 5.73 Å². The molecule has 0 fully saturated rings. The fourth-order valence-electron chi connectivity index (χ4n) is 1.42. The van der Waals surface area contributed by atoms with Crippen molar-refractivity contribution in [3.63, 3.8) is 0 Å². The lowest BCUT2D eigenvalue weighted by Gasteiger charge is -2.00. The second-order valence-electron chi connectivity index (χ2n) is 3.53. The van der Waals surface area contributed by atoms with E-state index in [-0.39, 0.29) is 6.54 Å². The van der Waals surface area contributed by atoms with Crippen molar-refractivity contribution in [1.82, 2.24) is 4.98 Å². The van der Waals surface area contributed by atoms with E-state index >= 15 is 0 Å². The molecule has 2 rings (SSSR count). The Bertz CT molecular complexity index is 441. The lowest BCUT2D eigenvalue weighted by atomic mass is 10.2. The van der Waals surface area contributed by atoms with Crippen molar-refractivity contribution in [2.24, 2.45) is 5.73 Å². The molecule has 0 aliphatic rings. The lowest BCUT2D eigenvalue weighted by Crippen LogP contribution is -2.17. The molecule has 0 spiro atoms. The van der Waals surface area contributed by atoms with E-state index in [1.807, 2.05) is 35.7 Å². The van der Waals surface area contributed by atoms with Crippen molar-refractivity contribution in [2.45, 2.75) is 12.6 Å². The fraction of sp³-hybridized carbons (Fsp3) is 0.250. The highest BCUT2D eigenvalue weighted by molar-refractivity contribution is 7.09. The molecule has 1 aromatic carbocycles. The largest absolute Gasteiger partial charge is 0.328 e. The summed E-state index contributed by atoms with van der Waals surface area (Å²) in [7, 11) is 0. The van der Waals surface area contributed by atoms with Gasteiger partial charge in [-0.3, -0.25) is 0 Å². The Morgan fingerprint density at radius 1 is 1.31 bits per heavy atom. The van der Waals surface area contributed by atoms with Gasteiger partial charge in [-0.1, -0.05) is 30.3 Å². The van der Waals surface area contributed by atoms with Gasteiger partial charge >= 0.3 is 0 Å². The molecular formula is C12H13FN2S. The van der Waals surface area contributed by atoms with Crippen LogP contribution in [0.3, 0.4) is 0 Å². The number of benzene rings is 1. The molecule has 2 nitrogen and oxygen atoms in total. The Morgan fingerprint density at radius 3 is 2.75 bits per heavy atom. The molecule has 2 N–H and O–H groups in total. The number of rotatable bonds is 4. The maximum absolute atomic E-state index is 13.1. The van der Waals surface area contributed by atoms with Gasteiger partial charge in [0.1, 0.15) is 6.17 Å². The predicted octanol–water partition coefficient (Wildman–Crippen LogP) is 2.65. The molecule has 1 atom stereocenters. The first kappa shape index (κ1) is 11.2. The second kappa shape index (κ2) is 5.18. The van der Waals surface area contributed by atoms with Gasteiger partial charge in [-0.25, -0.2) is 9.37 Å². The van der Waals surface area contributed by atoms with E-state index in [1.165, 1.54) is 11.3 Å². The summed E-state index contributed by atoms with van der Waals surface area (Å²) in [4.78, 5) is 4.39. The average Bonchev–Trinajstić information content (AvgIpc) is 2.78. The number of hydrogen-bond donors (Lipinski definition) is 1. The van der Waals surface area contributed by atoms with Gasteiger partial charge in [-0.05, 0) is 0 Å². The number of aromatic nitrogens is 1. The van der Waals surface area contributed by atoms with Crippen LogP contribution in [-0.4, -0.2) is 17.7 Å². The summed E-state index contributed by atoms with van der Waals surface area (Å²) in [5.41, 5.74) is 7.21. The molecule has 0 aliphatic heterocycles. The van der Waals surface area contributed by atoms with E-state index in [0.717, 1.165) is 16.3 Å². The normalized spacial score (nSPS) is 12.6. The number of alkyl halides is 1. The molecule has 0 saturated heterocycles. The van der Waals surface area contributed by atoms with Crippen molar-refractivity contribution in [3.8, 4) is 11.3 Å². The van der Waals surface area contributed by atoms with Gasteiger partial charge < -0.3 is 5.73 Å². The average molecular weight is 236 g/mol. The summed E-state index contributed by atoms with van der Waals surface area (Å²) >= 11 is 1.48. The van der Waals surface area contributed by atoms with Crippen molar-refractivity contribution < 1.29 is 4.39 Å². The van der Waals surface area contributed by atoms with Crippen LogP contribution in [0, 0.1) is 0 Å². The number of nitrogens with two attached hydrogens (primary N) is 1. The molecule has 0 radical (unpaired) electrons. The molecule has 0 bridgehead atoms. The predicted molar refractivity (Wildman–Crippen MR) is 65.2 cm³/mol. The first-order chi connectivity index (χ1) is 7.79. The zero-order chi connectivity index (χ0) is 11.4. The van der Waals surface area contributed by atoms with Gasteiger partial charge in [-0.2, -0.15) is 0 Å². The first-order valence-electron chi connectivity index (χ1n) is 5.13. The third kappa shape index (κ3) is 2.65. The van der Waals surface area contributed by atoms with Crippen LogP contribution in [-0.2, 0) is 6.42 Å². The third-order valence-corrected chi connectivity index (χ3v) is 3.14. The van der Waals surface area contributed by atoms with Gasteiger partial charge in [0.15, 0.2) is 0 Å². The maximum Gasteiger partial charge on any atom is 0.119 e. The number of hydrogen-bond acceptors (Lipinski definition) is 3. The summed E-state index contributed by atoms with van der Waals surface area (Å²) in [6.45, 7) is 0.0558. The van der Waals surface area contributed by atoms with Gasteiger partial charge in [-0.15, -0.1) is 11.3 Å². The van der Waals surface area contributed by atoms with Crippen LogP contribution in [0.5, 0.6) is 0 Å². The number of halogens is 1. The van der Waals surface area contributed by atoms with Crippen LogP contribution in [0.25, 0.3) is 11.3 Å². The molecular weight excluding hydrogens is 223 g/mol. The monoisotopic (exact) mass is 236 g/mol. The van der Waals surface area contributed by atoms with Gasteiger partial charge in [0, 0.05) is 23.9 Å². The van der Waals surface area contributed by atoms with Crippen LogP contribution in [0.4, 0.5) is 4.39 Å². The first-order valence-corrected chi connectivity index (χ1v) is 6.01. The summed E-state index contributed by atoms with van der Waals surface area (Å²) < 4.78 is 13.1. The van der Waals surface area contributed by atoms with Crippen LogP contribution in [0.1, 0.15) is 5.01 Å². The van der Waals surface area contributed by atoms with E-state index in [4.69, 9.17) is 5.73 Å². The Labute approximate surface area is 97.9 Å². The zero-order valence-electron chi connectivity index (χ0n) is 8.77. The number of nitrogens with zero attached hydrogens (tertiary/aromatic N) is 1. The van der Waals surface area contributed by atoms with Gasteiger partial charge in [0.05, 0.1) is 10.7 Å². The summed E-state index contributed by atoms with van der Waals surface area (Å²) in [5.74, 6) is 0. The minimum Gasteiger partial charge on any atom is -0.328 e. The number of thiazole rings is 1. The molecule has 1 heterocycles.